The Kier molecular flexibility index (Phi) is 4.91. The summed E-state index contributed by atoms with van der Waals surface area (Å²) < 4.78 is 0.826. The molecule has 0 bridgehead atoms. The van der Waals surface area contributed by atoms with Crippen LogP contribution in [-0.2, 0) is 4.79 Å². The lowest BCUT2D eigenvalue weighted by Crippen LogP contribution is -2.04. The van der Waals surface area contributed by atoms with E-state index in [1.165, 1.54) is 0 Å². The van der Waals surface area contributed by atoms with Crippen LogP contribution >= 0.6 is 27.5 Å². The van der Waals surface area contributed by atoms with E-state index in [0.717, 1.165) is 10.2 Å². The number of benzene rings is 1. The summed E-state index contributed by atoms with van der Waals surface area (Å²) in [5.74, 6) is -0.769. The molecule has 0 spiro atoms. The summed E-state index contributed by atoms with van der Waals surface area (Å²) in [6, 6.07) is 5.50. The predicted octanol–water partition coefficient (Wildman–Crippen LogP) is 3.38. The van der Waals surface area contributed by atoms with Crippen molar-refractivity contribution in [1.29, 1.82) is 0 Å². The molecule has 0 atom stereocenters. The molecule has 0 fully saturated rings. The Bertz CT molecular complexity index is 357. The number of carboxylic acids is 1. The van der Waals surface area contributed by atoms with Crippen LogP contribution in [-0.4, -0.2) is 17.6 Å². The van der Waals surface area contributed by atoms with Gasteiger partial charge in [-0.25, -0.2) is 0 Å². The van der Waals surface area contributed by atoms with Crippen LogP contribution in [0.3, 0.4) is 0 Å². The molecular weight excluding hydrogens is 281 g/mol. The van der Waals surface area contributed by atoms with Gasteiger partial charge in [0, 0.05) is 23.1 Å². The van der Waals surface area contributed by atoms with Gasteiger partial charge in [-0.3, -0.25) is 4.79 Å². The first-order valence-corrected chi connectivity index (χ1v) is 5.67. The third-order valence-electron chi connectivity index (χ3n) is 1.82. The smallest absolute Gasteiger partial charge is 0.303 e. The van der Waals surface area contributed by atoms with Crippen molar-refractivity contribution >= 4 is 39.2 Å². The van der Waals surface area contributed by atoms with Crippen molar-refractivity contribution in [3.8, 4) is 0 Å². The first-order valence-electron chi connectivity index (χ1n) is 4.50. The first kappa shape index (κ1) is 12.3. The fourth-order valence-corrected chi connectivity index (χ4v) is 1.57. The molecule has 0 aliphatic carbocycles. The van der Waals surface area contributed by atoms with Gasteiger partial charge in [0.2, 0.25) is 0 Å². The molecule has 0 aliphatic rings. The van der Waals surface area contributed by atoms with Crippen LogP contribution in [0.15, 0.2) is 22.7 Å². The highest BCUT2D eigenvalue weighted by Crippen LogP contribution is 2.25. The third-order valence-corrected chi connectivity index (χ3v) is 3.03. The molecule has 82 valence electrons. The summed E-state index contributed by atoms with van der Waals surface area (Å²) in [5, 5.41) is 12.2. The van der Waals surface area contributed by atoms with Crippen LogP contribution in [0.1, 0.15) is 12.8 Å². The van der Waals surface area contributed by atoms with Gasteiger partial charge in [0.1, 0.15) is 0 Å². The van der Waals surface area contributed by atoms with Crippen LogP contribution in [0.4, 0.5) is 5.69 Å². The van der Waals surface area contributed by atoms with E-state index < -0.39 is 5.97 Å². The molecule has 3 nitrogen and oxygen atoms in total. The summed E-state index contributed by atoms with van der Waals surface area (Å²) in [6.45, 7) is 0.639. The van der Waals surface area contributed by atoms with Crippen molar-refractivity contribution in [3.63, 3.8) is 0 Å². The van der Waals surface area contributed by atoms with E-state index in [1.807, 2.05) is 12.1 Å². The van der Waals surface area contributed by atoms with Gasteiger partial charge in [0.25, 0.3) is 0 Å². The van der Waals surface area contributed by atoms with Gasteiger partial charge >= 0.3 is 5.97 Å². The van der Waals surface area contributed by atoms with Crippen LogP contribution in [0.25, 0.3) is 0 Å². The van der Waals surface area contributed by atoms with Crippen LogP contribution in [0.5, 0.6) is 0 Å². The number of carboxylic acid groups (broad SMARTS) is 1. The van der Waals surface area contributed by atoms with Crippen LogP contribution < -0.4 is 5.32 Å². The SMILES string of the molecule is O=C(O)CCCNc1ccc(Cl)c(Br)c1. The Balaban J connectivity index is 2.38. The van der Waals surface area contributed by atoms with Gasteiger partial charge < -0.3 is 10.4 Å². The number of aliphatic carboxylic acids is 1. The molecule has 0 aliphatic heterocycles. The highest BCUT2D eigenvalue weighted by Gasteiger charge is 1.99. The van der Waals surface area contributed by atoms with Crippen LogP contribution in [0.2, 0.25) is 5.02 Å². The monoisotopic (exact) mass is 291 g/mol. The highest BCUT2D eigenvalue weighted by atomic mass is 79.9. The quantitative estimate of drug-likeness (QED) is 0.818. The fraction of sp³-hybridized carbons (Fsp3) is 0.300. The number of nitrogens with one attached hydrogen (secondary N) is 1. The van der Waals surface area contributed by atoms with E-state index in [0.29, 0.717) is 18.0 Å². The largest absolute Gasteiger partial charge is 0.481 e. The van der Waals surface area contributed by atoms with Crippen molar-refractivity contribution in [2.45, 2.75) is 12.8 Å². The zero-order valence-corrected chi connectivity index (χ0v) is 10.3. The van der Waals surface area contributed by atoms with Gasteiger partial charge in [-0.15, -0.1) is 0 Å². The summed E-state index contributed by atoms with van der Waals surface area (Å²) in [4.78, 5) is 10.3. The van der Waals surface area contributed by atoms with Crippen LogP contribution in [0, 0.1) is 0 Å². The number of rotatable bonds is 5. The average Bonchev–Trinajstić information content (AvgIpc) is 2.18. The maximum atomic E-state index is 10.3. The highest BCUT2D eigenvalue weighted by molar-refractivity contribution is 9.10. The second kappa shape index (κ2) is 5.98. The second-order valence-electron chi connectivity index (χ2n) is 3.05. The Morgan fingerprint density at radius 1 is 1.53 bits per heavy atom. The maximum absolute atomic E-state index is 10.3. The Labute approximate surface area is 102 Å². The van der Waals surface area contributed by atoms with E-state index in [2.05, 4.69) is 21.2 Å². The molecule has 0 saturated heterocycles. The van der Waals surface area contributed by atoms with Gasteiger partial charge in [0.05, 0.1) is 5.02 Å². The molecule has 1 aromatic rings. The van der Waals surface area contributed by atoms with E-state index in [9.17, 15) is 4.79 Å². The number of halogens is 2. The third kappa shape index (κ3) is 4.53. The number of hydrogen-bond donors (Lipinski definition) is 2. The maximum Gasteiger partial charge on any atom is 0.303 e. The minimum absolute atomic E-state index is 0.182. The molecule has 0 unspecified atom stereocenters. The molecule has 5 heteroatoms. The lowest BCUT2D eigenvalue weighted by Gasteiger charge is -2.06. The topological polar surface area (TPSA) is 49.3 Å². The molecule has 15 heavy (non-hydrogen) atoms. The lowest BCUT2D eigenvalue weighted by molar-refractivity contribution is -0.137. The average molecular weight is 293 g/mol. The number of anilines is 1. The van der Waals surface area contributed by atoms with Crippen molar-refractivity contribution in [3.05, 3.63) is 27.7 Å². The molecular formula is C10H11BrClNO2. The van der Waals surface area contributed by atoms with Crippen molar-refractivity contribution in [2.24, 2.45) is 0 Å². The van der Waals surface area contributed by atoms with Gasteiger partial charge in [-0.05, 0) is 40.5 Å². The van der Waals surface area contributed by atoms with E-state index >= 15 is 0 Å². The number of hydrogen-bond acceptors (Lipinski definition) is 2. The molecule has 0 saturated carbocycles. The summed E-state index contributed by atoms with van der Waals surface area (Å²) in [6.07, 6.45) is 0.789. The number of carbonyl (C=O) groups is 1. The molecule has 0 radical (unpaired) electrons. The van der Waals surface area contributed by atoms with E-state index in [4.69, 9.17) is 16.7 Å². The first-order chi connectivity index (χ1) is 7.09. The molecule has 1 rings (SSSR count). The second-order valence-corrected chi connectivity index (χ2v) is 4.31. The zero-order chi connectivity index (χ0) is 11.3. The van der Waals surface area contributed by atoms with E-state index in [1.54, 1.807) is 6.07 Å². The molecule has 0 heterocycles. The molecule has 2 N–H and O–H groups in total. The molecule has 0 amide bonds. The Morgan fingerprint density at radius 2 is 2.27 bits per heavy atom. The Morgan fingerprint density at radius 3 is 2.87 bits per heavy atom. The van der Waals surface area contributed by atoms with Gasteiger partial charge in [-0.2, -0.15) is 0 Å². The van der Waals surface area contributed by atoms with Crippen molar-refractivity contribution in [2.75, 3.05) is 11.9 Å². The summed E-state index contributed by atoms with van der Waals surface area (Å²) in [7, 11) is 0. The molecule has 0 aromatic heterocycles. The summed E-state index contributed by atoms with van der Waals surface area (Å²) in [5.41, 5.74) is 0.927. The zero-order valence-electron chi connectivity index (χ0n) is 7.96. The molecule has 1 aromatic carbocycles. The fourth-order valence-electron chi connectivity index (χ4n) is 1.08. The van der Waals surface area contributed by atoms with Crippen molar-refractivity contribution < 1.29 is 9.90 Å². The lowest BCUT2D eigenvalue weighted by atomic mass is 10.3. The van der Waals surface area contributed by atoms with Crippen molar-refractivity contribution in [1.82, 2.24) is 0 Å². The summed E-state index contributed by atoms with van der Waals surface area (Å²) >= 11 is 9.14. The Hall–Kier alpha value is -0.740. The normalized spacial score (nSPS) is 10.0. The standard InChI is InChI=1S/C10H11BrClNO2/c11-8-6-7(3-4-9(8)12)13-5-1-2-10(14)15/h3-4,6,13H,1-2,5H2,(H,14,15). The minimum atomic E-state index is -0.769. The van der Waals surface area contributed by atoms with E-state index in [-0.39, 0.29) is 6.42 Å². The predicted molar refractivity (Wildman–Crippen MR) is 64.5 cm³/mol. The minimum Gasteiger partial charge on any atom is -0.481 e. The van der Waals surface area contributed by atoms with Gasteiger partial charge in [-0.1, -0.05) is 11.6 Å². The van der Waals surface area contributed by atoms with Gasteiger partial charge in [0.15, 0.2) is 0 Å².